The fourth-order valence-corrected chi connectivity index (χ4v) is 2.91. The zero-order valence-electron chi connectivity index (χ0n) is 12.6. The summed E-state index contributed by atoms with van der Waals surface area (Å²) in [5.41, 5.74) is 9.43. The molecule has 1 atom stereocenters. The number of methoxy groups -OCH3 is 1. The average molecular weight is 349 g/mol. The SMILES string of the molecule is COc1ccc(CN(C)c2ccc(C(C)N)cc2Br)cc1. The van der Waals surface area contributed by atoms with Crippen LogP contribution in [0.5, 0.6) is 5.75 Å². The number of halogens is 1. The lowest BCUT2D eigenvalue weighted by molar-refractivity contribution is 0.414. The molecule has 0 aliphatic carbocycles. The van der Waals surface area contributed by atoms with Crippen LogP contribution in [-0.4, -0.2) is 14.2 Å². The highest BCUT2D eigenvalue weighted by molar-refractivity contribution is 9.10. The van der Waals surface area contributed by atoms with Gasteiger partial charge in [0.2, 0.25) is 0 Å². The normalized spacial score (nSPS) is 12.0. The van der Waals surface area contributed by atoms with Crippen molar-refractivity contribution in [2.75, 3.05) is 19.1 Å². The van der Waals surface area contributed by atoms with E-state index in [-0.39, 0.29) is 6.04 Å². The smallest absolute Gasteiger partial charge is 0.118 e. The van der Waals surface area contributed by atoms with Crippen LogP contribution in [-0.2, 0) is 6.54 Å². The molecule has 0 bridgehead atoms. The molecule has 0 radical (unpaired) electrons. The summed E-state index contributed by atoms with van der Waals surface area (Å²) in [5.74, 6) is 0.879. The lowest BCUT2D eigenvalue weighted by Crippen LogP contribution is -2.17. The number of hydrogen-bond donors (Lipinski definition) is 1. The molecular formula is C17H21BrN2O. The number of anilines is 1. The van der Waals surface area contributed by atoms with Crippen LogP contribution in [0.4, 0.5) is 5.69 Å². The van der Waals surface area contributed by atoms with Crippen LogP contribution in [0.25, 0.3) is 0 Å². The molecule has 4 heteroatoms. The number of nitrogens with two attached hydrogens (primary N) is 1. The van der Waals surface area contributed by atoms with Crippen molar-refractivity contribution >= 4 is 21.6 Å². The van der Waals surface area contributed by atoms with Crippen molar-refractivity contribution in [1.82, 2.24) is 0 Å². The average Bonchev–Trinajstić information content (AvgIpc) is 2.47. The van der Waals surface area contributed by atoms with Crippen LogP contribution < -0.4 is 15.4 Å². The first-order valence-corrected chi connectivity index (χ1v) is 7.69. The molecule has 0 aliphatic rings. The zero-order chi connectivity index (χ0) is 15.4. The molecule has 2 rings (SSSR count). The van der Waals surface area contributed by atoms with Gasteiger partial charge in [0.1, 0.15) is 5.75 Å². The van der Waals surface area contributed by atoms with Gasteiger partial charge in [0.25, 0.3) is 0 Å². The summed E-state index contributed by atoms with van der Waals surface area (Å²) in [6, 6.07) is 14.4. The van der Waals surface area contributed by atoms with E-state index >= 15 is 0 Å². The molecule has 2 aromatic rings. The molecule has 0 fully saturated rings. The topological polar surface area (TPSA) is 38.5 Å². The Bertz CT molecular complexity index is 596. The highest BCUT2D eigenvalue weighted by Crippen LogP contribution is 2.29. The third kappa shape index (κ3) is 3.99. The van der Waals surface area contributed by atoms with Crippen LogP contribution in [0, 0.1) is 0 Å². The van der Waals surface area contributed by atoms with Gasteiger partial charge in [0.15, 0.2) is 0 Å². The summed E-state index contributed by atoms with van der Waals surface area (Å²) in [6.45, 7) is 2.82. The van der Waals surface area contributed by atoms with E-state index in [1.807, 2.05) is 19.1 Å². The highest BCUT2D eigenvalue weighted by atomic mass is 79.9. The second kappa shape index (κ2) is 6.96. The van der Waals surface area contributed by atoms with E-state index in [2.05, 4.69) is 58.2 Å². The van der Waals surface area contributed by atoms with Gasteiger partial charge in [-0.25, -0.2) is 0 Å². The first-order chi connectivity index (χ1) is 10.0. The van der Waals surface area contributed by atoms with Crippen LogP contribution in [0.3, 0.4) is 0 Å². The van der Waals surface area contributed by atoms with Crippen molar-refractivity contribution in [3.8, 4) is 5.75 Å². The van der Waals surface area contributed by atoms with Crippen LogP contribution >= 0.6 is 15.9 Å². The number of benzene rings is 2. The van der Waals surface area contributed by atoms with Gasteiger partial charge in [-0.3, -0.25) is 0 Å². The molecular weight excluding hydrogens is 328 g/mol. The summed E-state index contributed by atoms with van der Waals surface area (Å²) in [7, 11) is 3.76. The van der Waals surface area contributed by atoms with E-state index in [4.69, 9.17) is 10.5 Å². The molecule has 0 saturated carbocycles. The molecule has 0 spiro atoms. The molecule has 2 aromatic carbocycles. The Morgan fingerprint density at radius 1 is 1.19 bits per heavy atom. The predicted molar refractivity (Wildman–Crippen MR) is 91.8 cm³/mol. The molecule has 0 aliphatic heterocycles. The van der Waals surface area contributed by atoms with E-state index in [0.29, 0.717) is 0 Å². The van der Waals surface area contributed by atoms with Crippen molar-refractivity contribution in [3.05, 3.63) is 58.1 Å². The Labute approximate surface area is 134 Å². The zero-order valence-corrected chi connectivity index (χ0v) is 14.2. The Hall–Kier alpha value is -1.52. The number of rotatable bonds is 5. The van der Waals surface area contributed by atoms with Gasteiger partial charge in [-0.15, -0.1) is 0 Å². The van der Waals surface area contributed by atoms with Crippen LogP contribution in [0.1, 0.15) is 24.1 Å². The fourth-order valence-electron chi connectivity index (χ4n) is 2.21. The van der Waals surface area contributed by atoms with Crippen molar-refractivity contribution in [2.45, 2.75) is 19.5 Å². The lowest BCUT2D eigenvalue weighted by atomic mass is 10.1. The van der Waals surface area contributed by atoms with Crippen molar-refractivity contribution in [1.29, 1.82) is 0 Å². The molecule has 1 unspecified atom stereocenters. The summed E-state index contributed by atoms with van der Waals surface area (Å²) < 4.78 is 6.24. The van der Waals surface area contributed by atoms with Gasteiger partial charge >= 0.3 is 0 Å². The molecule has 0 amide bonds. The summed E-state index contributed by atoms with van der Waals surface area (Å²) in [6.07, 6.45) is 0. The Morgan fingerprint density at radius 2 is 1.86 bits per heavy atom. The van der Waals surface area contributed by atoms with Gasteiger partial charge in [-0.2, -0.15) is 0 Å². The summed E-state index contributed by atoms with van der Waals surface area (Å²) in [5, 5.41) is 0. The Balaban J connectivity index is 2.13. The number of ether oxygens (including phenoxy) is 1. The van der Waals surface area contributed by atoms with E-state index < -0.39 is 0 Å². The van der Waals surface area contributed by atoms with Crippen molar-refractivity contribution < 1.29 is 4.74 Å². The monoisotopic (exact) mass is 348 g/mol. The lowest BCUT2D eigenvalue weighted by Gasteiger charge is -2.22. The minimum atomic E-state index is 0.0437. The molecule has 0 heterocycles. The second-order valence-electron chi connectivity index (χ2n) is 5.20. The third-order valence-electron chi connectivity index (χ3n) is 3.49. The largest absolute Gasteiger partial charge is 0.497 e. The van der Waals surface area contributed by atoms with Gasteiger partial charge in [0, 0.05) is 24.1 Å². The van der Waals surface area contributed by atoms with Crippen molar-refractivity contribution in [2.24, 2.45) is 5.73 Å². The first-order valence-electron chi connectivity index (χ1n) is 6.90. The maximum Gasteiger partial charge on any atom is 0.118 e. The van der Waals surface area contributed by atoms with Gasteiger partial charge in [-0.05, 0) is 58.2 Å². The molecule has 0 saturated heterocycles. The molecule has 2 N–H and O–H groups in total. The standard InChI is InChI=1S/C17H21BrN2O/c1-12(19)14-6-9-17(16(18)10-14)20(2)11-13-4-7-15(21-3)8-5-13/h4-10,12H,11,19H2,1-3H3. The minimum Gasteiger partial charge on any atom is -0.497 e. The van der Waals surface area contributed by atoms with Crippen LogP contribution in [0.2, 0.25) is 0 Å². The molecule has 0 aromatic heterocycles. The highest BCUT2D eigenvalue weighted by Gasteiger charge is 2.09. The van der Waals surface area contributed by atoms with Gasteiger partial charge in [-0.1, -0.05) is 18.2 Å². The third-order valence-corrected chi connectivity index (χ3v) is 4.12. The van der Waals surface area contributed by atoms with Crippen molar-refractivity contribution in [3.63, 3.8) is 0 Å². The minimum absolute atomic E-state index is 0.0437. The van der Waals surface area contributed by atoms with E-state index in [0.717, 1.165) is 28.0 Å². The molecule has 112 valence electrons. The first kappa shape index (κ1) is 15.9. The number of nitrogens with zero attached hydrogens (tertiary/aromatic N) is 1. The van der Waals surface area contributed by atoms with Crippen LogP contribution in [0.15, 0.2) is 46.9 Å². The van der Waals surface area contributed by atoms with E-state index in [1.165, 1.54) is 5.56 Å². The summed E-state index contributed by atoms with van der Waals surface area (Å²) in [4.78, 5) is 2.21. The quantitative estimate of drug-likeness (QED) is 0.883. The molecule has 3 nitrogen and oxygen atoms in total. The maximum absolute atomic E-state index is 5.91. The van der Waals surface area contributed by atoms with Gasteiger partial charge in [0.05, 0.1) is 12.8 Å². The Morgan fingerprint density at radius 3 is 2.38 bits per heavy atom. The van der Waals surface area contributed by atoms with E-state index in [9.17, 15) is 0 Å². The number of hydrogen-bond acceptors (Lipinski definition) is 3. The second-order valence-corrected chi connectivity index (χ2v) is 6.06. The fraction of sp³-hybridized carbons (Fsp3) is 0.294. The van der Waals surface area contributed by atoms with Gasteiger partial charge < -0.3 is 15.4 Å². The Kier molecular flexibility index (Phi) is 5.26. The molecule has 21 heavy (non-hydrogen) atoms. The maximum atomic E-state index is 5.91. The predicted octanol–water partition coefficient (Wildman–Crippen LogP) is 4.11. The summed E-state index contributed by atoms with van der Waals surface area (Å²) >= 11 is 3.63. The van der Waals surface area contributed by atoms with E-state index in [1.54, 1.807) is 7.11 Å².